The van der Waals surface area contributed by atoms with Crippen molar-refractivity contribution in [2.24, 2.45) is 5.92 Å². The lowest BCUT2D eigenvalue weighted by Gasteiger charge is -2.20. The lowest BCUT2D eigenvalue weighted by molar-refractivity contribution is -0.126. The molecule has 1 fully saturated rings. The highest BCUT2D eigenvalue weighted by Crippen LogP contribution is 2.42. The predicted molar refractivity (Wildman–Crippen MR) is 122 cm³/mol. The second-order valence-electron chi connectivity index (χ2n) is 8.01. The molecule has 0 unspecified atom stereocenters. The van der Waals surface area contributed by atoms with Crippen LogP contribution in [0.2, 0.25) is 0 Å². The van der Waals surface area contributed by atoms with Gasteiger partial charge in [-0.1, -0.05) is 24.3 Å². The number of hydrogen-bond acceptors (Lipinski definition) is 6. The summed E-state index contributed by atoms with van der Waals surface area (Å²) in [7, 11) is 8.60. The number of nitrogens with one attached hydrogen (secondary N) is 1. The molecular formula is C24H31N3O5. The molecule has 1 atom stereocenters. The molecule has 3 rings (SSSR count). The number of nitrogens with zero attached hydrogens (tertiary/aromatic N) is 2. The van der Waals surface area contributed by atoms with E-state index in [4.69, 9.17) is 14.2 Å². The van der Waals surface area contributed by atoms with Gasteiger partial charge >= 0.3 is 0 Å². The van der Waals surface area contributed by atoms with Crippen LogP contribution in [0.4, 0.5) is 5.69 Å². The van der Waals surface area contributed by atoms with E-state index < -0.39 is 5.92 Å². The zero-order valence-corrected chi connectivity index (χ0v) is 19.3. The Morgan fingerprint density at radius 2 is 1.69 bits per heavy atom. The van der Waals surface area contributed by atoms with Crippen LogP contribution in [0.5, 0.6) is 17.2 Å². The summed E-state index contributed by atoms with van der Waals surface area (Å²) in [6.07, 6.45) is 0.155. The summed E-state index contributed by atoms with van der Waals surface area (Å²) in [5.74, 6) is 0.694. The molecule has 8 heteroatoms. The predicted octanol–water partition coefficient (Wildman–Crippen LogP) is 2.44. The summed E-state index contributed by atoms with van der Waals surface area (Å²) in [5.41, 5.74) is 2.84. The molecule has 8 nitrogen and oxygen atoms in total. The smallest absolute Gasteiger partial charge is 0.227 e. The SMILES string of the molecule is COc1cc(N2C[C@@H](C(=O)NCc3ccccc3CN(C)C)CC2=O)cc(OC)c1OC. The third-order valence-corrected chi connectivity index (χ3v) is 5.52. The Labute approximate surface area is 189 Å². The van der Waals surface area contributed by atoms with E-state index in [2.05, 4.69) is 16.3 Å². The van der Waals surface area contributed by atoms with Crippen molar-refractivity contribution >= 4 is 17.5 Å². The third-order valence-electron chi connectivity index (χ3n) is 5.52. The van der Waals surface area contributed by atoms with E-state index in [9.17, 15) is 9.59 Å². The van der Waals surface area contributed by atoms with Gasteiger partial charge in [0.05, 0.1) is 32.9 Å². The van der Waals surface area contributed by atoms with Gasteiger partial charge in [0.25, 0.3) is 0 Å². The van der Waals surface area contributed by atoms with Crippen molar-refractivity contribution in [3.8, 4) is 17.2 Å². The molecule has 1 aliphatic rings. The Hall–Kier alpha value is -3.26. The second-order valence-corrected chi connectivity index (χ2v) is 8.01. The molecule has 1 N–H and O–H groups in total. The number of hydrogen-bond donors (Lipinski definition) is 1. The lowest BCUT2D eigenvalue weighted by Crippen LogP contribution is -2.33. The van der Waals surface area contributed by atoms with Crippen LogP contribution in [0, 0.1) is 5.92 Å². The molecule has 1 heterocycles. The number of rotatable bonds is 9. The van der Waals surface area contributed by atoms with Crippen molar-refractivity contribution in [2.75, 3.05) is 46.9 Å². The van der Waals surface area contributed by atoms with Gasteiger partial charge in [-0.2, -0.15) is 0 Å². The Balaban J connectivity index is 1.70. The van der Waals surface area contributed by atoms with Crippen LogP contribution in [0.25, 0.3) is 0 Å². The van der Waals surface area contributed by atoms with Crippen molar-refractivity contribution in [3.63, 3.8) is 0 Å². The summed E-state index contributed by atoms with van der Waals surface area (Å²) < 4.78 is 16.1. The number of carbonyl (C=O) groups excluding carboxylic acids is 2. The van der Waals surface area contributed by atoms with Crippen LogP contribution < -0.4 is 24.4 Å². The lowest BCUT2D eigenvalue weighted by atomic mass is 10.1. The van der Waals surface area contributed by atoms with E-state index in [0.717, 1.165) is 12.1 Å². The zero-order valence-electron chi connectivity index (χ0n) is 19.3. The van der Waals surface area contributed by atoms with E-state index in [-0.39, 0.29) is 18.2 Å². The third kappa shape index (κ3) is 5.13. The molecule has 0 saturated carbocycles. The molecule has 0 aliphatic carbocycles. The van der Waals surface area contributed by atoms with Crippen molar-refractivity contribution in [3.05, 3.63) is 47.5 Å². The minimum absolute atomic E-state index is 0.118. The molecule has 0 aromatic heterocycles. The largest absolute Gasteiger partial charge is 0.493 e. The Kier molecular flexibility index (Phi) is 7.58. The highest BCUT2D eigenvalue weighted by Gasteiger charge is 2.36. The Morgan fingerprint density at radius 3 is 2.25 bits per heavy atom. The maximum atomic E-state index is 12.9. The molecule has 0 bridgehead atoms. The molecule has 0 spiro atoms. The first-order valence-electron chi connectivity index (χ1n) is 10.5. The standard InChI is InChI=1S/C24H31N3O5/c1-26(2)14-17-9-7-6-8-16(17)13-25-24(29)18-10-22(28)27(15-18)19-11-20(30-3)23(32-5)21(12-19)31-4/h6-9,11-12,18H,10,13-15H2,1-5H3,(H,25,29)/t18-/m0/s1. The molecule has 2 aromatic rings. The van der Waals surface area contributed by atoms with Crippen LogP contribution in [-0.2, 0) is 22.7 Å². The molecule has 0 radical (unpaired) electrons. The molecule has 2 aromatic carbocycles. The molecule has 1 aliphatic heterocycles. The number of methoxy groups -OCH3 is 3. The monoisotopic (exact) mass is 441 g/mol. The van der Waals surface area contributed by atoms with Gasteiger partial charge in [0.2, 0.25) is 17.6 Å². The quantitative estimate of drug-likeness (QED) is 0.644. The Morgan fingerprint density at radius 1 is 1.06 bits per heavy atom. The van der Waals surface area contributed by atoms with E-state index in [1.807, 2.05) is 32.3 Å². The highest BCUT2D eigenvalue weighted by molar-refractivity contribution is 6.00. The van der Waals surface area contributed by atoms with Gasteiger partial charge in [0.15, 0.2) is 11.5 Å². The first-order valence-corrected chi connectivity index (χ1v) is 10.5. The average Bonchev–Trinajstić information content (AvgIpc) is 3.18. The zero-order chi connectivity index (χ0) is 23.3. The van der Waals surface area contributed by atoms with Crippen molar-refractivity contribution < 1.29 is 23.8 Å². The van der Waals surface area contributed by atoms with Crippen LogP contribution in [0.1, 0.15) is 17.5 Å². The first-order chi connectivity index (χ1) is 15.4. The summed E-state index contributed by atoms with van der Waals surface area (Å²) in [6.45, 7) is 1.52. The Bertz CT molecular complexity index is 951. The van der Waals surface area contributed by atoms with Gasteiger partial charge in [-0.25, -0.2) is 0 Å². The van der Waals surface area contributed by atoms with Gasteiger partial charge < -0.3 is 29.3 Å². The maximum Gasteiger partial charge on any atom is 0.227 e. The number of carbonyl (C=O) groups is 2. The summed E-state index contributed by atoms with van der Waals surface area (Å²) in [5, 5.41) is 3.00. The number of anilines is 1. The highest BCUT2D eigenvalue weighted by atomic mass is 16.5. The summed E-state index contributed by atoms with van der Waals surface area (Å²) in [4.78, 5) is 29.3. The van der Waals surface area contributed by atoms with E-state index in [1.165, 1.54) is 26.9 Å². The van der Waals surface area contributed by atoms with Gasteiger partial charge in [-0.05, 0) is 25.2 Å². The minimum atomic E-state index is -0.428. The van der Waals surface area contributed by atoms with E-state index in [0.29, 0.717) is 36.0 Å². The van der Waals surface area contributed by atoms with Gasteiger partial charge in [-0.3, -0.25) is 9.59 Å². The number of ether oxygens (including phenoxy) is 3. The fourth-order valence-corrected chi connectivity index (χ4v) is 3.91. The topological polar surface area (TPSA) is 80.3 Å². The van der Waals surface area contributed by atoms with Gasteiger partial charge in [-0.15, -0.1) is 0 Å². The molecule has 2 amide bonds. The van der Waals surface area contributed by atoms with E-state index >= 15 is 0 Å². The maximum absolute atomic E-state index is 12.9. The number of amides is 2. The minimum Gasteiger partial charge on any atom is -0.493 e. The molecular weight excluding hydrogens is 410 g/mol. The fraction of sp³-hybridized carbons (Fsp3) is 0.417. The first kappa shape index (κ1) is 23.4. The summed E-state index contributed by atoms with van der Waals surface area (Å²) >= 11 is 0. The molecule has 172 valence electrons. The van der Waals surface area contributed by atoms with Crippen LogP contribution >= 0.6 is 0 Å². The van der Waals surface area contributed by atoms with Crippen molar-refractivity contribution in [2.45, 2.75) is 19.5 Å². The normalized spacial score (nSPS) is 15.8. The van der Waals surface area contributed by atoms with Gasteiger partial charge in [0, 0.05) is 38.2 Å². The average molecular weight is 442 g/mol. The van der Waals surface area contributed by atoms with Crippen LogP contribution in [0.3, 0.4) is 0 Å². The molecule has 32 heavy (non-hydrogen) atoms. The van der Waals surface area contributed by atoms with E-state index in [1.54, 1.807) is 17.0 Å². The van der Waals surface area contributed by atoms with Crippen molar-refractivity contribution in [1.29, 1.82) is 0 Å². The summed E-state index contributed by atoms with van der Waals surface area (Å²) in [6, 6.07) is 11.5. The van der Waals surface area contributed by atoms with Crippen LogP contribution in [0.15, 0.2) is 36.4 Å². The van der Waals surface area contributed by atoms with Crippen LogP contribution in [-0.4, -0.2) is 58.7 Å². The fourth-order valence-electron chi connectivity index (χ4n) is 3.91. The van der Waals surface area contributed by atoms with Gasteiger partial charge in [0.1, 0.15) is 0 Å². The second kappa shape index (κ2) is 10.4. The van der Waals surface area contributed by atoms with Crippen molar-refractivity contribution in [1.82, 2.24) is 10.2 Å². The number of benzene rings is 2. The molecule has 1 saturated heterocycles.